The van der Waals surface area contributed by atoms with Crippen molar-refractivity contribution in [2.75, 3.05) is 6.61 Å². The molecular weight excluding hydrogens is 252 g/mol. The molecule has 7 heteroatoms. The molecule has 0 aromatic carbocycles. The summed E-state index contributed by atoms with van der Waals surface area (Å²) in [7, 11) is 0. The molecule has 0 unspecified atom stereocenters. The lowest BCUT2D eigenvalue weighted by Gasteiger charge is -2.34. The maximum Gasteiger partial charge on any atom is 0.330 e. The lowest BCUT2D eigenvalue weighted by molar-refractivity contribution is -0.145. The number of ether oxygens (including phenoxy) is 1. The van der Waals surface area contributed by atoms with Gasteiger partial charge in [-0.1, -0.05) is 13.8 Å². The van der Waals surface area contributed by atoms with Gasteiger partial charge in [-0.25, -0.2) is 4.79 Å². The molecule has 0 aliphatic carbocycles. The predicted octanol–water partition coefficient (Wildman–Crippen LogP) is -1.01. The fraction of sp³-hybridized carbons (Fsp3) is 0.667. The maximum absolute atomic E-state index is 11.9. The highest BCUT2D eigenvalue weighted by Crippen LogP contribution is 2.39. The third kappa shape index (κ3) is 2.24. The van der Waals surface area contributed by atoms with E-state index in [1.807, 2.05) is 13.8 Å². The van der Waals surface area contributed by atoms with Crippen molar-refractivity contribution in [3.8, 4) is 0 Å². The van der Waals surface area contributed by atoms with Gasteiger partial charge in [-0.05, 0) is 0 Å². The van der Waals surface area contributed by atoms with Gasteiger partial charge < -0.3 is 14.9 Å². The van der Waals surface area contributed by atoms with Gasteiger partial charge in [0.2, 0.25) is 0 Å². The van der Waals surface area contributed by atoms with E-state index in [1.54, 1.807) is 0 Å². The normalized spacial score (nSPS) is 31.0. The Morgan fingerprint density at radius 3 is 2.74 bits per heavy atom. The monoisotopic (exact) mass is 270 g/mol. The number of aliphatic hydroxyl groups is 2. The van der Waals surface area contributed by atoms with Crippen LogP contribution in [0.2, 0.25) is 0 Å². The number of nitrogens with one attached hydrogen (secondary N) is 1. The molecule has 1 aromatic rings. The quantitative estimate of drug-likeness (QED) is 0.652. The second-order valence-electron chi connectivity index (χ2n) is 5.09. The summed E-state index contributed by atoms with van der Waals surface area (Å²) < 4.78 is 7.00. The highest BCUT2D eigenvalue weighted by molar-refractivity contribution is 4.97. The van der Waals surface area contributed by atoms with Crippen molar-refractivity contribution >= 4 is 0 Å². The van der Waals surface area contributed by atoms with Gasteiger partial charge in [0.25, 0.3) is 5.56 Å². The lowest BCUT2D eigenvalue weighted by atomic mass is 9.94. The van der Waals surface area contributed by atoms with Crippen molar-refractivity contribution in [1.82, 2.24) is 9.55 Å². The molecule has 3 atom stereocenters. The van der Waals surface area contributed by atoms with Crippen LogP contribution in [0.4, 0.5) is 0 Å². The molecule has 19 heavy (non-hydrogen) atoms. The smallest absolute Gasteiger partial charge is 0.330 e. The number of aliphatic hydroxyl groups excluding tert-OH is 2. The Bertz CT molecular complexity index is 564. The first-order valence-electron chi connectivity index (χ1n) is 6.20. The summed E-state index contributed by atoms with van der Waals surface area (Å²) in [5, 5.41) is 19.1. The molecule has 7 nitrogen and oxygen atoms in total. The molecule has 0 bridgehead atoms. The predicted molar refractivity (Wildman–Crippen MR) is 66.7 cm³/mol. The highest BCUT2D eigenvalue weighted by Gasteiger charge is 2.49. The number of rotatable bonds is 3. The van der Waals surface area contributed by atoms with E-state index in [2.05, 4.69) is 4.98 Å². The highest BCUT2D eigenvalue weighted by atomic mass is 16.6. The molecule has 3 N–H and O–H groups in total. The van der Waals surface area contributed by atoms with Crippen molar-refractivity contribution in [3.05, 3.63) is 33.1 Å². The van der Waals surface area contributed by atoms with Crippen LogP contribution in [0.25, 0.3) is 0 Å². The van der Waals surface area contributed by atoms with E-state index in [4.69, 9.17) is 4.74 Å². The summed E-state index contributed by atoms with van der Waals surface area (Å²) in [5.41, 5.74) is -2.14. The van der Waals surface area contributed by atoms with E-state index in [9.17, 15) is 19.8 Å². The molecule has 0 spiro atoms. The molecule has 1 aliphatic rings. The molecule has 2 rings (SSSR count). The molecule has 1 saturated heterocycles. The summed E-state index contributed by atoms with van der Waals surface area (Å²) in [6.07, 6.45) is -0.0531. The molecule has 106 valence electrons. The van der Waals surface area contributed by atoms with Crippen LogP contribution in [0.5, 0.6) is 0 Å². The Morgan fingerprint density at radius 1 is 1.58 bits per heavy atom. The van der Waals surface area contributed by atoms with Gasteiger partial charge in [0.05, 0.1) is 12.7 Å². The van der Waals surface area contributed by atoms with E-state index in [0.29, 0.717) is 0 Å². The van der Waals surface area contributed by atoms with Crippen molar-refractivity contribution in [2.45, 2.75) is 38.2 Å². The van der Waals surface area contributed by atoms with Gasteiger partial charge in [0, 0.05) is 24.6 Å². The van der Waals surface area contributed by atoms with E-state index < -0.39 is 29.2 Å². The van der Waals surface area contributed by atoms with Gasteiger partial charge in [-0.3, -0.25) is 14.3 Å². The SMILES string of the molecule is CC(C)[C@]1(n2ccc(=O)[nH]c2=O)C[C@H](O)[C@@H](CO)O1. The third-order valence-corrected chi connectivity index (χ3v) is 3.60. The summed E-state index contributed by atoms with van der Waals surface area (Å²) in [6.45, 7) is 3.38. The summed E-state index contributed by atoms with van der Waals surface area (Å²) in [5.74, 6) is -0.123. The van der Waals surface area contributed by atoms with E-state index in [0.717, 1.165) is 0 Å². The first-order chi connectivity index (χ1) is 8.90. The largest absolute Gasteiger partial charge is 0.394 e. The molecular formula is C12H18N2O5. The third-order valence-electron chi connectivity index (χ3n) is 3.60. The number of nitrogens with zero attached hydrogens (tertiary/aromatic N) is 1. The minimum Gasteiger partial charge on any atom is -0.394 e. The van der Waals surface area contributed by atoms with Crippen LogP contribution in [0.1, 0.15) is 20.3 Å². The topological polar surface area (TPSA) is 105 Å². The average molecular weight is 270 g/mol. The second-order valence-corrected chi connectivity index (χ2v) is 5.09. The fourth-order valence-electron chi connectivity index (χ4n) is 2.50. The Labute approximate surface area is 109 Å². The Morgan fingerprint density at radius 2 is 2.26 bits per heavy atom. The van der Waals surface area contributed by atoms with Crippen LogP contribution in [0.3, 0.4) is 0 Å². The lowest BCUT2D eigenvalue weighted by Crippen LogP contribution is -2.47. The number of aromatic amines is 1. The van der Waals surface area contributed by atoms with Gasteiger partial charge in [-0.2, -0.15) is 0 Å². The van der Waals surface area contributed by atoms with Crippen LogP contribution in [-0.4, -0.2) is 38.6 Å². The number of hydrogen-bond acceptors (Lipinski definition) is 5. The van der Waals surface area contributed by atoms with Crippen LogP contribution < -0.4 is 11.2 Å². The summed E-state index contributed by atoms with van der Waals surface area (Å²) >= 11 is 0. The minimum atomic E-state index is -1.06. The Balaban J connectivity index is 2.53. The van der Waals surface area contributed by atoms with Gasteiger partial charge in [0.1, 0.15) is 6.10 Å². The number of hydrogen-bond donors (Lipinski definition) is 3. The standard InChI is InChI=1S/C12H18N2O5/c1-7(2)12(5-8(16)9(6-15)19-12)14-4-3-10(17)13-11(14)18/h3-4,7-9,15-16H,5-6H2,1-2H3,(H,13,17,18)/t8-,9+,12-/m0/s1. The van der Waals surface area contributed by atoms with Crippen LogP contribution >= 0.6 is 0 Å². The molecule has 0 saturated carbocycles. The molecule has 0 radical (unpaired) electrons. The van der Waals surface area contributed by atoms with Gasteiger partial charge in [0.15, 0.2) is 5.72 Å². The zero-order valence-corrected chi connectivity index (χ0v) is 10.9. The van der Waals surface area contributed by atoms with Gasteiger partial charge in [-0.15, -0.1) is 0 Å². The van der Waals surface area contributed by atoms with Gasteiger partial charge >= 0.3 is 5.69 Å². The summed E-state index contributed by atoms with van der Waals surface area (Å²) in [4.78, 5) is 25.2. The van der Waals surface area contributed by atoms with E-state index in [-0.39, 0.29) is 18.9 Å². The molecule has 2 heterocycles. The average Bonchev–Trinajstić information content (AvgIpc) is 2.67. The van der Waals surface area contributed by atoms with Crippen LogP contribution in [0, 0.1) is 5.92 Å². The zero-order valence-electron chi connectivity index (χ0n) is 10.9. The summed E-state index contributed by atoms with van der Waals surface area (Å²) in [6, 6.07) is 1.23. The van der Waals surface area contributed by atoms with Crippen LogP contribution in [0.15, 0.2) is 21.9 Å². The van der Waals surface area contributed by atoms with E-state index in [1.165, 1.54) is 16.8 Å². The Hall–Kier alpha value is -1.44. The maximum atomic E-state index is 11.9. The first kappa shape index (κ1) is 14.0. The van der Waals surface area contributed by atoms with Crippen molar-refractivity contribution in [3.63, 3.8) is 0 Å². The van der Waals surface area contributed by atoms with Crippen molar-refractivity contribution < 1.29 is 14.9 Å². The second kappa shape index (κ2) is 4.92. The Kier molecular flexibility index (Phi) is 3.62. The number of aromatic nitrogens is 2. The fourth-order valence-corrected chi connectivity index (χ4v) is 2.50. The van der Waals surface area contributed by atoms with Crippen molar-refractivity contribution in [1.29, 1.82) is 0 Å². The first-order valence-corrected chi connectivity index (χ1v) is 6.20. The van der Waals surface area contributed by atoms with Crippen molar-refractivity contribution in [2.24, 2.45) is 5.92 Å². The molecule has 1 fully saturated rings. The van der Waals surface area contributed by atoms with E-state index >= 15 is 0 Å². The zero-order chi connectivity index (χ0) is 14.2. The molecule has 1 aliphatic heterocycles. The molecule has 1 aromatic heterocycles. The van der Waals surface area contributed by atoms with Crippen LogP contribution in [-0.2, 0) is 10.5 Å². The minimum absolute atomic E-state index is 0.123. The molecule has 0 amide bonds. The number of H-pyrrole nitrogens is 1.